The molecule has 0 spiro atoms. The maximum absolute atomic E-state index is 14.5. The molecule has 2 saturated heterocycles. The Kier molecular flexibility index (Phi) is 23.5. The van der Waals surface area contributed by atoms with Crippen LogP contribution in [-0.2, 0) is 33.2 Å². The quantitative estimate of drug-likeness (QED) is 0.0598. The molecule has 0 bridgehead atoms. The van der Waals surface area contributed by atoms with Crippen LogP contribution in [0.5, 0.6) is 0 Å². The fraction of sp³-hybridized carbons (Fsp3) is 0.956. The van der Waals surface area contributed by atoms with Crippen LogP contribution in [0.2, 0.25) is 0 Å². The molecule has 0 aromatic rings. The highest BCUT2D eigenvalue weighted by Gasteiger charge is 2.51. The first-order valence-corrected chi connectivity index (χ1v) is 23.1. The summed E-state index contributed by atoms with van der Waals surface area (Å²) >= 11 is 0. The average molecular weight is 893 g/mol. The van der Waals surface area contributed by atoms with E-state index < -0.39 is 90.4 Å². The van der Waals surface area contributed by atoms with Crippen molar-refractivity contribution in [2.24, 2.45) is 17.8 Å². The second kappa shape index (κ2) is 25.8. The van der Waals surface area contributed by atoms with Crippen LogP contribution in [0, 0.1) is 17.8 Å². The number of hydrogen-bond acceptors (Lipinski definition) is 15. The Morgan fingerprint density at radius 1 is 1.06 bits per heavy atom. The number of aliphatic hydroxyl groups excluding tert-OH is 3. The number of cyclic esters (lactones) is 1. The summed E-state index contributed by atoms with van der Waals surface area (Å²) in [5.74, 6) is -2.84. The fourth-order valence-electron chi connectivity index (χ4n) is 8.90. The zero-order valence-corrected chi connectivity index (χ0v) is 40.7. The van der Waals surface area contributed by atoms with Crippen molar-refractivity contribution < 1.29 is 63.5 Å². The molecule has 2 fully saturated rings. The monoisotopic (exact) mass is 893 g/mol. The van der Waals surface area contributed by atoms with Crippen LogP contribution in [0.1, 0.15) is 122 Å². The largest absolute Gasteiger partial charge is 0.459 e. The van der Waals surface area contributed by atoms with Crippen LogP contribution in [0.15, 0.2) is 0 Å². The summed E-state index contributed by atoms with van der Waals surface area (Å²) < 4.78 is 37.5. The highest BCUT2D eigenvalue weighted by atomic mass is 16.7. The van der Waals surface area contributed by atoms with E-state index in [1.54, 1.807) is 55.6 Å². The van der Waals surface area contributed by atoms with Crippen molar-refractivity contribution >= 4 is 12.0 Å². The summed E-state index contributed by atoms with van der Waals surface area (Å²) in [6.07, 6.45) is -7.31. The minimum atomic E-state index is -1.90. The number of likely N-dealkylation sites (N-methyl/N-ethyl adjacent to an activating group) is 1. The number of amides is 2. The Hall–Kier alpha value is -1.74. The zero-order chi connectivity index (χ0) is 47.3. The first kappa shape index (κ1) is 56.4. The summed E-state index contributed by atoms with van der Waals surface area (Å²) in [5, 5.41) is 64.7. The predicted octanol–water partition coefficient (Wildman–Crippen LogP) is 3.01. The van der Waals surface area contributed by atoms with Crippen molar-refractivity contribution in [2.75, 3.05) is 47.4 Å². The number of hydrogen-bond donors (Lipinski definition) is 7. The van der Waals surface area contributed by atoms with Crippen LogP contribution in [-0.4, -0.2) is 186 Å². The first-order valence-electron chi connectivity index (χ1n) is 23.1. The van der Waals surface area contributed by atoms with E-state index in [0.717, 1.165) is 6.42 Å². The molecule has 0 aliphatic carbocycles. The van der Waals surface area contributed by atoms with Gasteiger partial charge in [0.1, 0.15) is 23.9 Å². The van der Waals surface area contributed by atoms with Crippen molar-refractivity contribution in [3.8, 4) is 0 Å². The van der Waals surface area contributed by atoms with E-state index >= 15 is 0 Å². The minimum Gasteiger partial charge on any atom is -0.459 e. The van der Waals surface area contributed by atoms with Gasteiger partial charge in [0.2, 0.25) is 0 Å². The lowest BCUT2D eigenvalue weighted by Crippen LogP contribution is -2.59. The van der Waals surface area contributed by atoms with Crippen molar-refractivity contribution in [3.05, 3.63) is 0 Å². The van der Waals surface area contributed by atoms with Gasteiger partial charge in [0.15, 0.2) is 12.6 Å². The van der Waals surface area contributed by atoms with Gasteiger partial charge in [-0.05, 0) is 108 Å². The van der Waals surface area contributed by atoms with Crippen LogP contribution in [0.3, 0.4) is 0 Å². The van der Waals surface area contributed by atoms with Gasteiger partial charge in [-0.15, -0.1) is 0 Å². The van der Waals surface area contributed by atoms with Crippen LogP contribution in [0.4, 0.5) is 4.79 Å². The Morgan fingerprint density at radius 2 is 1.71 bits per heavy atom. The van der Waals surface area contributed by atoms with Gasteiger partial charge in [-0.1, -0.05) is 27.7 Å². The molecule has 1 unspecified atom stereocenters. The van der Waals surface area contributed by atoms with E-state index in [1.807, 2.05) is 51.6 Å². The molecule has 2 aliphatic rings. The smallest absolute Gasteiger partial charge is 0.314 e. The SMILES string of the molecule is CCC(C)NC(=O)NCCCN1C[C@H](C)C[C@@](C)(O)[C@H](O[C@@H]2O[C@H](C)C[C@H](N(C)C)[C@H]2O)[C@@H](C)[C@H](O[C@@H](CCOC)O[C@@H](C)[C@@H](C)O)[C@@H](C)C(=O)O[C@H](CC)[C@@](C)(O)[C@H](O)[C@H]1C. The highest BCUT2D eigenvalue weighted by molar-refractivity contribution is 5.74. The van der Waals surface area contributed by atoms with Gasteiger partial charge in [-0.25, -0.2) is 4.79 Å². The molecule has 2 amide bonds. The number of rotatable bonds is 18. The maximum atomic E-state index is 14.5. The lowest BCUT2D eigenvalue weighted by Gasteiger charge is -2.47. The molecular weight excluding hydrogens is 805 g/mol. The number of ether oxygens (including phenoxy) is 6. The van der Waals surface area contributed by atoms with Crippen LogP contribution >= 0.6 is 0 Å². The average Bonchev–Trinajstić information content (AvgIpc) is 3.19. The molecule has 2 heterocycles. The van der Waals surface area contributed by atoms with Crippen LogP contribution in [0.25, 0.3) is 0 Å². The standard InChI is InChI=1S/C45H88N4O13/c1-16-27(4)47-43(54)46-20-18-21-49-25-26(3)24-44(11,55)40(62-42-37(51)34(48(13)14)23-28(5)58-42)29(6)38(61-36(19-22-57-15)59-33(10)32(9)50)30(7)41(53)60-35(17-2)45(12,56)39(52)31(49)8/h26-40,42,50-52,55-56H,16-25H2,1-15H3,(H2,46,47,54)/t26-,27?,28-,29+,30-,31-,32-,33+,34+,35-,36+,37-,38+,39-,40-,42+,44-,45-/m1/s1. The van der Waals surface area contributed by atoms with E-state index in [1.165, 1.54) is 6.92 Å². The third-order valence-corrected chi connectivity index (χ3v) is 13.1. The van der Waals surface area contributed by atoms with Gasteiger partial charge < -0.3 is 69.5 Å². The van der Waals surface area contributed by atoms with E-state index in [-0.39, 0.29) is 56.0 Å². The van der Waals surface area contributed by atoms with Gasteiger partial charge in [0, 0.05) is 57.2 Å². The molecule has 7 N–H and O–H groups in total. The summed E-state index contributed by atoms with van der Waals surface area (Å²) in [6.45, 7) is 22.6. The molecule has 62 heavy (non-hydrogen) atoms. The molecule has 366 valence electrons. The molecule has 0 saturated carbocycles. The lowest BCUT2D eigenvalue weighted by molar-refractivity contribution is -0.306. The maximum Gasteiger partial charge on any atom is 0.314 e. The Bertz CT molecular complexity index is 1310. The molecule has 2 aliphatic heterocycles. The van der Waals surface area contributed by atoms with E-state index in [0.29, 0.717) is 32.5 Å². The minimum absolute atomic E-state index is 0.0181. The van der Waals surface area contributed by atoms with Gasteiger partial charge in [-0.3, -0.25) is 9.69 Å². The molecule has 0 aromatic carbocycles. The number of esters is 1. The van der Waals surface area contributed by atoms with Crippen molar-refractivity contribution in [2.45, 2.75) is 212 Å². The summed E-state index contributed by atoms with van der Waals surface area (Å²) in [4.78, 5) is 30.9. The first-order chi connectivity index (χ1) is 28.8. The molecular formula is C45H88N4O13. The Morgan fingerprint density at radius 3 is 2.27 bits per heavy atom. The zero-order valence-electron chi connectivity index (χ0n) is 40.7. The fourth-order valence-corrected chi connectivity index (χ4v) is 8.90. The third-order valence-electron chi connectivity index (χ3n) is 13.1. The molecule has 0 radical (unpaired) electrons. The number of carbonyl (C=O) groups excluding carboxylic acids is 2. The highest BCUT2D eigenvalue weighted by Crippen LogP contribution is 2.38. The van der Waals surface area contributed by atoms with Gasteiger partial charge in [0.25, 0.3) is 0 Å². The second-order valence-electron chi connectivity index (χ2n) is 19.1. The number of carbonyl (C=O) groups is 2. The molecule has 17 nitrogen and oxygen atoms in total. The normalized spacial score (nSPS) is 38.0. The number of aliphatic hydroxyl groups is 5. The topological polar surface area (TPSA) is 221 Å². The van der Waals surface area contributed by atoms with Gasteiger partial charge in [0.05, 0.1) is 48.6 Å². The Balaban J connectivity index is 2.76. The Labute approximate surface area is 372 Å². The number of nitrogens with one attached hydrogen (secondary N) is 2. The van der Waals surface area contributed by atoms with E-state index in [9.17, 15) is 35.1 Å². The summed E-state index contributed by atoms with van der Waals surface area (Å²) in [5.41, 5.74) is -3.54. The molecule has 18 atom stereocenters. The van der Waals surface area contributed by atoms with Gasteiger partial charge >= 0.3 is 12.0 Å². The van der Waals surface area contributed by atoms with Crippen molar-refractivity contribution in [1.82, 2.24) is 20.4 Å². The van der Waals surface area contributed by atoms with Crippen molar-refractivity contribution in [1.29, 1.82) is 0 Å². The molecule has 17 heteroatoms. The van der Waals surface area contributed by atoms with Crippen LogP contribution < -0.4 is 10.6 Å². The van der Waals surface area contributed by atoms with E-state index in [4.69, 9.17) is 28.4 Å². The third kappa shape index (κ3) is 16.3. The summed E-state index contributed by atoms with van der Waals surface area (Å²) in [6, 6.07) is -1.22. The number of nitrogens with zero attached hydrogens (tertiary/aromatic N) is 2. The second-order valence-corrected chi connectivity index (χ2v) is 19.1. The number of methoxy groups -OCH3 is 1. The molecule has 2 rings (SSSR count). The summed E-state index contributed by atoms with van der Waals surface area (Å²) in [7, 11) is 5.29. The van der Waals surface area contributed by atoms with Crippen molar-refractivity contribution in [3.63, 3.8) is 0 Å². The number of urea groups is 1. The predicted molar refractivity (Wildman–Crippen MR) is 236 cm³/mol. The van der Waals surface area contributed by atoms with E-state index in [2.05, 4.69) is 10.6 Å². The molecule has 0 aromatic heterocycles. The lowest BCUT2D eigenvalue weighted by atomic mass is 9.77. The van der Waals surface area contributed by atoms with Gasteiger partial charge in [-0.2, -0.15) is 0 Å².